The van der Waals surface area contributed by atoms with Crippen molar-refractivity contribution in [2.75, 3.05) is 6.54 Å². The van der Waals surface area contributed by atoms with E-state index in [-0.39, 0.29) is 16.7 Å². The van der Waals surface area contributed by atoms with E-state index in [9.17, 15) is 14.7 Å². The molecule has 0 saturated carbocycles. The highest BCUT2D eigenvalue weighted by atomic mass is 16.3. The van der Waals surface area contributed by atoms with Gasteiger partial charge in [-0.2, -0.15) is 0 Å². The highest BCUT2D eigenvalue weighted by molar-refractivity contribution is 6.46. The van der Waals surface area contributed by atoms with E-state index < -0.39 is 17.7 Å². The Balaban J connectivity index is 1.78. The van der Waals surface area contributed by atoms with Gasteiger partial charge in [-0.15, -0.1) is 0 Å². The van der Waals surface area contributed by atoms with Crippen molar-refractivity contribution in [3.63, 3.8) is 0 Å². The molecule has 1 aliphatic rings. The molecule has 168 valence electrons. The summed E-state index contributed by atoms with van der Waals surface area (Å²) in [6.45, 7) is 6.81. The molecule has 4 heteroatoms. The Morgan fingerprint density at radius 3 is 2.00 bits per heavy atom. The van der Waals surface area contributed by atoms with Gasteiger partial charge in [0.15, 0.2) is 0 Å². The van der Waals surface area contributed by atoms with E-state index in [1.165, 1.54) is 0 Å². The smallest absolute Gasteiger partial charge is 0.295 e. The highest BCUT2D eigenvalue weighted by Gasteiger charge is 2.45. The highest BCUT2D eigenvalue weighted by Crippen LogP contribution is 2.40. The normalized spacial score (nSPS) is 18.0. The van der Waals surface area contributed by atoms with Gasteiger partial charge in [-0.1, -0.05) is 106 Å². The summed E-state index contributed by atoms with van der Waals surface area (Å²) in [7, 11) is 0. The van der Waals surface area contributed by atoms with E-state index in [0.717, 1.165) is 16.7 Å². The summed E-state index contributed by atoms with van der Waals surface area (Å²) in [5.74, 6) is -1.36. The molecular formula is C29H29NO3. The molecule has 1 fully saturated rings. The Morgan fingerprint density at radius 2 is 1.42 bits per heavy atom. The minimum absolute atomic E-state index is 0.0162. The number of amides is 1. The number of aliphatic hydroxyl groups is 1. The van der Waals surface area contributed by atoms with Crippen molar-refractivity contribution in [3.05, 3.63) is 113 Å². The van der Waals surface area contributed by atoms with Crippen LogP contribution in [0.5, 0.6) is 0 Å². The molecule has 4 nitrogen and oxygen atoms in total. The first kappa shape index (κ1) is 22.5. The molecule has 0 aliphatic carbocycles. The molecule has 3 aromatic carbocycles. The number of ketones is 1. The molecule has 33 heavy (non-hydrogen) atoms. The lowest BCUT2D eigenvalue weighted by Gasteiger charge is -2.26. The lowest BCUT2D eigenvalue weighted by molar-refractivity contribution is -0.139. The average molecular weight is 440 g/mol. The van der Waals surface area contributed by atoms with Crippen LogP contribution in [0, 0.1) is 0 Å². The summed E-state index contributed by atoms with van der Waals surface area (Å²) in [6, 6.07) is 26.2. The maximum absolute atomic E-state index is 13.1. The molecule has 1 N–H and O–H groups in total. The Hall–Kier alpha value is -3.66. The zero-order valence-electron chi connectivity index (χ0n) is 19.3. The van der Waals surface area contributed by atoms with Gasteiger partial charge < -0.3 is 10.0 Å². The summed E-state index contributed by atoms with van der Waals surface area (Å²) >= 11 is 0. The van der Waals surface area contributed by atoms with Crippen molar-refractivity contribution in [2.24, 2.45) is 0 Å². The first-order valence-corrected chi connectivity index (χ1v) is 11.3. The Bertz CT molecular complexity index is 1170. The molecule has 4 rings (SSSR count). The number of Topliss-reactive ketones (excluding diaryl/α,β-unsaturated/α-hetero) is 1. The minimum Gasteiger partial charge on any atom is -0.507 e. The van der Waals surface area contributed by atoms with E-state index in [1.807, 2.05) is 60.7 Å². The largest absolute Gasteiger partial charge is 0.507 e. The zero-order valence-corrected chi connectivity index (χ0v) is 19.3. The standard InChI is InChI=1S/C29H29NO3/c1-29(2,3)23-16-14-21(15-17-23)25-24(26(31)22-12-8-5-9-13-22)27(32)28(33)30(25)19-18-20-10-6-4-7-11-20/h4-17,25,31H,18-19H2,1-3H3. The summed E-state index contributed by atoms with van der Waals surface area (Å²) in [6.07, 6.45) is 0.621. The van der Waals surface area contributed by atoms with E-state index >= 15 is 0 Å². The predicted octanol–water partition coefficient (Wildman–Crippen LogP) is 5.65. The van der Waals surface area contributed by atoms with E-state index in [4.69, 9.17) is 0 Å². The van der Waals surface area contributed by atoms with Gasteiger partial charge in [-0.25, -0.2) is 0 Å². The van der Waals surface area contributed by atoms with Crippen LogP contribution < -0.4 is 0 Å². The second-order valence-electron chi connectivity index (χ2n) is 9.47. The van der Waals surface area contributed by atoms with Crippen LogP contribution in [0.1, 0.15) is 49.1 Å². The fourth-order valence-corrected chi connectivity index (χ4v) is 4.27. The lowest BCUT2D eigenvalue weighted by Crippen LogP contribution is -2.31. The Morgan fingerprint density at radius 1 is 0.848 bits per heavy atom. The number of carbonyl (C=O) groups excluding carboxylic acids is 2. The van der Waals surface area contributed by atoms with Crippen LogP contribution in [0.4, 0.5) is 0 Å². The van der Waals surface area contributed by atoms with Crippen LogP contribution in [0.25, 0.3) is 5.76 Å². The van der Waals surface area contributed by atoms with Gasteiger partial charge in [0.1, 0.15) is 5.76 Å². The summed E-state index contributed by atoms with van der Waals surface area (Å²) < 4.78 is 0. The number of nitrogens with zero attached hydrogens (tertiary/aromatic N) is 1. The van der Waals surface area contributed by atoms with E-state index in [2.05, 4.69) is 20.8 Å². The van der Waals surface area contributed by atoms with Crippen molar-refractivity contribution < 1.29 is 14.7 Å². The maximum atomic E-state index is 13.1. The molecule has 0 aromatic heterocycles. The van der Waals surface area contributed by atoms with Gasteiger partial charge in [0.2, 0.25) is 0 Å². The van der Waals surface area contributed by atoms with Gasteiger partial charge in [0.05, 0.1) is 11.6 Å². The average Bonchev–Trinajstić information content (AvgIpc) is 3.08. The summed E-state index contributed by atoms with van der Waals surface area (Å²) in [5.41, 5.74) is 3.71. The van der Waals surface area contributed by atoms with Crippen LogP contribution in [-0.2, 0) is 21.4 Å². The van der Waals surface area contributed by atoms with Crippen LogP contribution in [0.2, 0.25) is 0 Å². The topological polar surface area (TPSA) is 57.6 Å². The van der Waals surface area contributed by atoms with Crippen molar-refractivity contribution in [3.8, 4) is 0 Å². The molecular weight excluding hydrogens is 410 g/mol. The molecule has 1 aliphatic heterocycles. The third-order valence-electron chi connectivity index (χ3n) is 6.16. The molecule has 1 heterocycles. The summed E-state index contributed by atoms with van der Waals surface area (Å²) in [4.78, 5) is 27.8. The van der Waals surface area contributed by atoms with Gasteiger partial charge in [0.25, 0.3) is 11.7 Å². The third-order valence-corrected chi connectivity index (χ3v) is 6.16. The number of carbonyl (C=O) groups is 2. The molecule has 1 amide bonds. The Labute approximate surface area is 195 Å². The van der Waals surface area contributed by atoms with E-state index in [0.29, 0.717) is 18.5 Å². The quantitative estimate of drug-likeness (QED) is 0.318. The van der Waals surface area contributed by atoms with E-state index in [1.54, 1.807) is 29.2 Å². The van der Waals surface area contributed by atoms with Gasteiger partial charge in [-0.3, -0.25) is 9.59 Å². The predicted molar refractivity (Wildman–Crippen MR) is 131 cm³/mol. The number of hydrogen-bond acceptors (Lipinski definition) is 3. The van der Waals surface area contributed by atoms with Crippen LogP contribution >= 0.6 is 0 Å². The number of rotatable bonds is 5. The second-order valence-corrected chi connectivity index (χ2v) is 9.47. The number of hydrogen-bond donors (Lipinski definition) is 1. The third kappa shape index (κ3) is 4.61. The number of aliphatic hydroxyl groups excluding tert-OH is 1. The first-order valence-electron chi connectivity index (χ1n) is 11.3. The van der Waals surface area contributed by atoms with Crippen molar-refractivity contribution in [2.45, 2.75) is 38.6 Å². The van der Waals surface area contributed by atoms with Gasteiger partial charge >= 0.3 is 0 Å². The molecule has 1 saturated heterocycles. The fraction of sp³-hybridized carbons (Fsp3) is 0.241. The Kier molecular flexibility index (Phi) is 6.19. The summed E-state index contributed by atoms with van der Waals surface area (Å²) in [5, 5.41) is 11.1. The van der Waals surface area contributed by atoms with Crippen LogP contribution in [-0.4, -0.2) is 28.2 Å². The van der Waals surface area contributed by atoms with Gasteiger partial charge in [0, 0.05) is 12.1 Å². The fourth-order valence-electron chi connectivity index (χ4n) is 4.27. The maximum Gasteiger partial charge on any atom is 0.295 e. The van der Waals surface area contributed by atoms with Crippen molar-refractivity contribution in [1.82, 2.24) is 4.90 Å². The lowest BCUT2D eigenvalue weighted by atomic mass is 9.85. The van der Waals surface area contributed by atoms with Crippen LogP contribution in [0.3, 0.4) is 0 Å². The molecule has 0 bridgehead atoms. The number of benzene rings is 3. The zero-order chi connectivity index (χ0) is 23.6. The second kappa shape index (κ2) is 9.07. The molecule has 0 radical (unpaired) electrons. The van der Waals surface area contributed by atoms with Gasteiger partial charge in [-0.05, 0) is 28.5 Å². The van der Waals surface area contributed by atoms with Crippen LogP contribution in [0.15, 0.2) is 90.5 Å². The SMILES string of the molecule is CC(C)(C)c1ccc(C2C(=C(O)c3ccccc3)C(=O)C(=O)N2CCc2ccccc2)cc1. The molecule has 0 spiro atoms. The molecule has 1 unspecified atom stereocenters. The number of likely N-dealkylation sites (tertiary alicyclic amines) is 1. The van der Waals surface area contributed by atoms with Crippen molar-refractivity contribution in [1.29, 1.82) is 0 Å². The van der Waals surface area contributed by atoms with Crippen molar-refractivity contribution >= 4 is 17.4 Å². The molecule has 3 aromatic rings. The monoisotopic (exact) mass is 439 g/mol. The first-order chi connectivity index (χ1) is 15.8. The molecule has 1 atom stereocenters. The minimum atomic E-state index is -0.644.